The van der Waals surface area contributed by atoms with Gasteiger partial charge in [0.15, 0.2) is 16.3 Å². The Hall–Kier alpha value is 0.430. The minimum Gasteiger partial charge on any atom is -0.383 e. The highest BCUT2D eigenvalue weighted by molar-refractivity contribution is 9.09. The average molecular weight is 274 g/mol. The topological polar surface area (TPSA) is 26.3 Å². The summed E-state index contributed by atoms with van der Waals surface area (Å²) in [5.74, 6) is -0.152. The predicted molar refractivity (Wildman–Crippen MR) is 47.2 cm³/mol. The Labute approximate surface area is 77.9 Å². The summed E-state index contributed by atoms with van der Waals surface area (Å²) in [6.07, 6.45) is 1.66. The van der Waals surface area contributed by atoms with Crippen LogP contribution >= 0.6 is 32.2 Å². The van der Waals surface area contributed by atoms with Gasteiger partial charge in [-0.15, -0.1) is 0 Å². The van der Waals surface area contributed by atoms with Crippen LogP contribution in [0.25, 0.3) is 0 Å². The van der Waals surface area contributed by atoms with E-state index in [1.54, 1.807) is 0 Å². The molecule has 0 aliphatic rings. The smallest absolute Gasteiger partial charge is 0.320 e. The maximum absolute atomic E-state index is 10.8. The van der Waals surface area contributed by atoms with Crippen LogP contribution in [0.3, 0.4) is 0 Å². The molecule has 1 unspecified atom stereocenters. The third-order valence-corrected chi connectivity index (χ3v) is 2.14. The largest absolute Gasteiger partial charge is 0.383 e. The summed E-state index contributed by atoms with van der Waals surface area (Å²) in [6.45, 7) is 1.97. The number of carbonyl (C=O) groups is 1. The van der Waals surface area contributed by atoms with Gasteiger partial charge in [-0.1, -0.05) is 22.9 Å². The molecule has 0 aromatic heterocycles. The van der Waals surface area contributed by atoms with Crippen molar-refractivity contribution in [1.29, 1.82) is 0 Å². The molecule has 2 nitrogen and oxygen atoms in total. The van der Waals surface area contributed by atoms with Crippen LogP contribution in [0.2, 0.25) is 0 Å². The highest BCUT2D eigenvalue weighted by Crippen LogP contribution is 2.12. The zero-order valence-corrected chi connectivity index (χ0v) is 8.94. The van der Waals surface area contributed by atoms with Gasteiger partial charge in [-0.2, -0.15) is 0 Å². The van der Waals surface area contributed by atoms with Crippen molar-refractivity contribution in [1.82, 2.24) is 0 Å². The molecule has 0 bridgehead atoms. The first-order chi connectivity index (χ1) is 4.76. The maximum atomic E-state index is 10.8. The Morgan fingerprint density at radius 3 is 2.60 bits per heavy atom. The molecule has 0 aliphatic heterocycles. The minimum atomic E-state index is -0.179. The molecule has 0 aromatic rings. The molecule has 0 spiro atoms. The molecular weight excluding hydrogens is 264 g/mol. The lowest BCUT2D eigenvalue weighted by atomic mass is 10.0. The van der Waals surface area contributed by atoms with Crippen molar-refractivity contribution in [2.75, 3.05) is 5.33 Å². The van der Waals surface area contributed by atoms with Gasteiger partial charge in [0.25, 0.3) is 0 Å². The van der Waals surface area contributed by atoms with E-state index >= 15 is 0 Å². The van der Waals surface area contributed by atoms with Crippen molar-refractivity contribution in [2.24, 2.45) is 5.92 Å². The molecule has 60 valence electrons. The van der Waals surface area contributed by atoms with Crippen molar-refractivity contribution < 1.29 is 8.62 Å². The zero-order chi connectivity index (χ0) is 7.98. The van der Waals surface area contributed by atoms with Crippen molar-refractivity contribution in [3.63, 3.8) is 0 Å². The van der Waals surface area contributed by atoms with Gasteiger partial charge in [0, 0.05) is 5.33 Å². The van der Waals surface area contributed by atoms with Gasteiger partial charge >= 0.3 is 5.97 Å². The van der Waals surface area contributed by atoms with E-state index in [0.29, 0.717) is 0 Å². The number of alkyl halides is 1. The second kappa shape index (κ2) is 6.16. The number of carbonyl (C=O) groups excluding carboxylic acids is 1. The fourth-order valence-corrected chi connectivity index (χ4v) is 1.50. The third kappa shape index (κ3) is 3.56. The van der Waals surface area contributed by atoms with Crippen LogP contribution in [0.15, 0.2) is 0 Å². The van der Waals surface area contributed by atoms with E-state index in [4.69, 9.17) is 0 Å². The first kappa shape index (κ1) is 10.4. The van der Waals surface area contributed by atoms with E-state index in [0.717, 1.165) is 18.2 Å². The van der Waals surface area contributed by atoms with Crippen LogP contribution in [0.4, 0.5) is 0 Å². The molecule has 0 rings (SSSR count). The number of hydrogen-bond donors (Lipinski definition) is 0. The number of rotatable bonds is 4. The summed E-state index contributed by atoms with van der Waals surface area (Å²) in [6, 6.07) is 0. The number of hydrogen-bond acceptors (Lipinski definition) is 2. The molecule has 0 fully saturated rings. The van der Waals surface area contributed by atoms with Crippen LogP contribution < -0.4 is 0 Å². The first-order valence-corrected chi connectivity index (χ1v) is 4.91. The van der Waals surface area contributed by atoms with Crippen LogP contribution in [0, 0.1) is 5.92 Å². The lowest BCUT2D eigenvalue weighted by Crippen LogP contribution is -2.13. The second-order valence-corrected chi connectivity index (χ2v) is 3.10. The van der Waals surface area contributed by atoms with E-state index < -0.39 is 0 Å². The highest BCUT2D eigenvalue weighted by Gasteiger charge is 2.15. The van der Waals surface area contributed by atoms with Gasteiger partial charge in [-0.3, -0.25) is 4.79 Å². The fraction of sp³-hybridized carbons (Fsp3) is 0.833. The van der Waals surface area contributed by atoms with Crippen molar-refractivity contribution in [3.8, 4) is 0 Å². The van der Waals surface area contributed by atoms with Gasteiger partial charge in [-0.05, 0) is 12.8 Å². The van der Waals surface area contributed by atoms with Crippen LogP contribution in [0.5, 0.6) is 0 Å². The molecule has 0 amide bonds. The SMILES string of the molecule is CCC(CCBr)C(=O)OBr. The molecule has 0 radical (unpaired) electrons. The molecular formula is C6H10Br2O2. The molecule has 0 aliphatic carbocycles. The van der Waals surface area contributed by atoms with Crippen molar-refractivity contribution >= 4 is 38.2 Å². The first-order valence-electron chi connectivity index (χ1n) is 3.14. The second-order valence-electron chi connectivity index (χ2n) is 1.98. The normalized spacial score (nSPS) is 12.7. The molecule has 0 saturated heterocycles. The van der Waals surface area contributed by atoms with Gasteiger partial charge < -0.3 is 3.83 Å². The van der Waals surface area contributed by atoms with Crippen molar-refractivity contribution in [2.45, 2.75) is 19.8 Å². The monoisotopic (exact) mass is 272 g/mol. The van der Waals surface area contributed by atoms with E-state index in [1.165, 1.54) is 0 Å². The standard InChI is InChI=1S/C6H10Br2O2/c1-2-5(3-4-7)6(9)10-8/h5H,2-4H2,1H3. The Kier molecular flexibility index (Phi) is 6.43. The molecule has 10 heavy (non-hydrogen) atoms. The molecule has 1 atom stereocenters. The van der Waals surface area contributed by atoms with Gasteiger partial charge in [0.05, 0.1) is 5.92 Å². The Balaban J connectivity index is 3.68. The zero-order valence-electron chi connectivity index (χ0n) is 5.77. The summed E-state index contributed by atoms with van der Waals surface area (Å²) >= 11 is 5.93. The van der Waals surface area contributed by atoms with E-state index in [2.05, 4.69) is 36.0 Å². The molecule has 4 heteroatoms. The Morgan fingerprint density at radius 2 is 2.30 bits per heavy atom. The van der Waals surface area contributed by atoms with Crippen LogP contribution in [-0.4, -0.2) is 11.3 Å². The van der Waals surface area contributed by atoms with Gasteiger partial charge in [0.2, 0.25) is 0 Å². The van der Waals surface area contributed by atoms with E-state index in [-0.39, 0.29) is 11.9 Å². The minimum absolute atomic E-state index is 0.0266. The highest BCUT2D eigenvalue weighted by atomic mass is 79.9. The summed E-state index contributed by atoms with van der Waals surface area (Å²) in [4.78, 5) is 10.8. The summed E-state index contributed by atoms with van der Waals surface area (Å²) in [5.41, 5.74) is 0. The Bertz CT molecular complexity index is 106. The lowest BCUT2D eigenvalue weighted by molar-refractivity contribution is -0.136. The summed E-state index contributed by atoms with van der Waals surface area (Å²) in [5, 5.41) is 0.841. The van der Waals surface area contributed by atoms with Gasteiger partial charge in [-0.25, -0.2) is 0 Å². The van der Waals surface area contributed by atoms with Crippen molar-refractivity contribution in [3.05, 3.63) is 0 Å². The van der Waals surface area contributed by atoms with E-state index in [9.17, 15) is 4.79 Å². The van der Waals surface area contributed by atoms with E-state index in [1.807, 2.05) is 6.92 Å². The molecule has 0 N–H and O–H groups in total. The Morgan fingerprint density at radius 1 is 1.70 bits per heavy atom. The van der Waals surface area contributed by atoms with Gasteiger partial charge in [0.1, 0.15) is 0 Å². The molecule has 0 aromatic carbocycles. The van der Waals surface area contributed by atoms with Crippen LogP contribution in [0.1, 0.15) is 19.8 Å². The predicted octanol–water partition coefficient (Wildman–Crippen LogP) is 2.65. The van der Waals surface area contributed by atoms with Crippen LogP contribution in [-0.2, 0) is 8.62 Å². The molecule has 0 saturated carbocycles. The molecule has 0 heterocycles. The average Bonchev–Trinajstić information content (AvgIpc) is 1.99. The third-order valence-electron chi connectivity index (χ3n) is 1.36. The summed E-state index contributed by atoms with van der Waals surface area (Å²) < 4.78 is 4.41. The quantitative estimate of drug-likeness (QED) is 0.736. The fourth-order valence-electron chi connectivity index (χ4n) is 0.683. The lowest BCUT2D eigenvalue weighted by Gasteiger charge is -2.07. The summed E-state index contributed by atoms with van der Waals surface area (Å²) in [7, 11) is 0. The number of halogens is 2. The maximum Gasteiger partial charge on any atom is 0.320 e.